The third kappa shape index (κ3) is 4.69. The Morgan fingerprint density at radius 3 is 2.68 bits per heavy atom. The molecule has 1 aliphatic carbocycles. The van der Waals surface area contributed by atoms with Crippen LogP contribution in [0.15, 0.2) is 42.7 Å². The second-order valence-electron chi connectivity index (χ2n) is 7.17. The van der Waals surface area contributed by atoms with Gasteiger partial charge in [-0.15, -0.1) is 0 Å². The van der Waals surface area contributed by atoms with Gasteiger partial charge in [0, 0.05) is 19.2 Å². The SMILES string of the molecule is NCC1(CC(=O)NCCc2cnn(-c3ccccc3)c2)CCCCC1. The molecule has 5 nitrogen and oxygen atoms in total. The minimum Gasteiger partial charge on any atom is -0.356 e. The number of carbonyl (C=O) groups is 1. The first-order chi connectivity index (χ1) is 12.2. The van der Waals surface area contributed by atoms with Crippen molar-refractivity contribution in [1.82, 2.24) is 15.1 Å². The number of hydrogen-bond donors (Lipinski definition) is 2. The summed E-state index contributed by atoms with van der Waals surface area (Å²) in [4.78, 5) is 12.3. The number of nitrogens with one attached hydrogen (secondary N) is 1. The van der Waals surface area contributed by atoms with Gasteiger partial charge in [0.05, 0.1) is 11.9 Å². The monoisotopic (exact) mass is 340 g/mol. The highest BCUT2D eigenvalue weighted by atomic mass is 16.1. The van der Waals surface area contributed by atoms with Crippen LogP contribution in [0.4, 0.5) is 0 Å². The fraction of sp³-hybridized carbons (Fsp3) is 0.500. The molecule has 0 atom stereocenters. The van der Waals surface area contributed by atoms with Crippen molar-refractivity contribution < 1.29 is 4.79 Å². The zero-order chi connectivity index (χ0) is 17.5. The van der Waals surface area contributed by atoms with E-state index in [1.165, 1.54) is 19.3 Å². The first-order valence-corrected chi connectivity index (χ1v) is 9.27. The summed E-state index contributed by atoms with van der Waals surface area (Å²) >= 11 is 0. The third-order valence-corrected chi connectivity index (χ3v) is 5.28. The van der Waals surface area contributed by atoms with Gasteiger partial charge in [0.2, 0.25) is 5.91 Å². The normalized spacial score (nSPS) is 16.5. The highest BCUT2D eigenvalue weighted by Gasteiger charge is 2.32. The summed E-state index contributed by atoms with van der Waals surface area (Å²) < 4.78 is 1.86. The standard InChI is InChI=1S/C20H28N4O/c21-16-20(10-5-2-6-11-20)13-19(25)22-12-9-17-14-23-24(15-17)18-7-3-1-4-8-18/h1,3-4,7-8,14-15H,2,5-6,9-13,16,21H2,(H,22,25). The Hall–Kier alpha value is -2.14. The van der Waals surface area contributed by atoms with Crippen LogP contribution in [0.1, 0.15) is 44.1 Å². The summed E-state index contributed by atoms with van der Waals surface area (Å²) in [5, 5.41) is 7.44. The summed E-state index contributed by atoms with van der Waals surface area (Å²) in [6, 6.07) is 10.0. The van der Waals surface area contributed by atoms with E-state index in [1.807, 2.05) is 47.4 Å². The minimum atomic E-state index is 0.0283. The maximum Gasteiger partial charge on any atom is 0.220 e. The average molecular weight is 340 g/mol. The van der Waals surface area contributed by atoms with Gasteiger partial charge in [0.15, 0.2) is 0 Å². The van der Waals surface area contributed by atoms with E-state index in [0.29, 0.717) is 19.5 Å². The van der Waals surface area contributed by atoms with E-state index in [1.54, 1.807) is 0 Å². The number of nitrogens with two attached hydrogens (primary N) is 1. The molecule has 5 heteroatoms. The molecule has 1 fully saturated rings. The van der Waals surface area contributed by atoms with Crippen LogP contribution >= 0.6 is 0 Å². The Morgan fingerprint density at radius 1 is 1.20 bits per heavy atom. The lowest BCUT2D eigenvalue weighted by Crippen LogP contribution is -2.39. The molecule has 3 rings (SSSR count). The quantitative estimate of drug-likeness (QED) is 0.814. The number of benzene rings is 1. The van der Waals surface area contributed by atoms with E-state index in [9.17, 15) is 4.79 Å². The van der Waals surface area contributed by atoms with Crippen LogP contribution in [0.5, 0.6) is 0 Å². The first kappa shape index (κ1) is 17.7. The van der Waals surface area contributed by atoms with Gasteiger partial charge in [-0.1, -0.05) is 37.5 Å². The molecule has 134 valence electrons. The predicted octanol–water partition coefficient (Wildman–Crippen LogP) is 2.83. The highest BCUT2D eigenvalue weighted by Crippen LogP contribution is 2.38. The zero-order valence-corrected chi connectivity index (χ0v) is 14.8. The Kier molecular flexibility index (Phi) is 5.87. The van der Waals surface area contributed by atoms with E-state index < -0.39 is 0 Å². The number of amides is 1. The van der Waals surface area contributed by atoms with Crippen molar-refractivity contribution in [3.63, 3.8) is 0 Å². The van der Waals surface area contributed by atoms with Gasteiger partial charge in [0.1, 0.15) is 0 Å². The molecule has 3 N–H and O–H groups in total. The first-order valence-electron chi connectivity index (χ1n) is 9.27. The Bertz CT molecular complexity index is 674. The van der Waals surface area contributed by atoms with Gasteiger partial charge in [-0.05, 0) is 48.9 Å². The number of nitrogens with zero attached hydrogens (tertiary/aromatic N) is 2. The molecule has 1 amide bonds. The molecule has 0 radical (unpaired) electrons. The Balaban J connectivity index is 1.46. The second-order valence-corrected chi connectivity index (χ2v) is 7.17. The summed E-state index contributed by atoms with van der Waals surface area (Å²) in [5.41, 5.74) is 8.16. The van der Waals surface area contributed by atoms with E-state index in [2.05, 4.69) is 10.4 Å². The predicted molar refractivity (Wildman–Crippen MR) is 99.5 cm³/mol. The van der Waals surface area contributed by atoms with Crippen molar-refractivity contribution >= 4 is 5.91 Å². The number of hydrogen-bond acceptors (Lipinski definition) is 3. The molecule has 0 bridgehead atoms. The van der Waals surface area contributed by atoms with Crippen LogP contribution in [0, 0.1) is 5.41 Å². The van der Waals surface area contributed by atoms with Crippen LogP contribution in [0.3, 0.4) is 0 Å². The maximum atomic E-state index is 12.3. The zero-order valence-electron chi connectivity index (χ0n) is 14.8. The van der Waals surface area contributed by atoms with E-state index in [4.69, 9.17) is 5.73 Å². The molecular weight excluding hydrogens is 312 g/mol. The molecule has 0 spiro atoms. The molecule has 1 aromatic carbocycles. The molecule has 0 unspecified atom stereocenters. The summed E-state index contributed by atoms with van der Waals surface area (Å²) in [6.07, 6.45) is 11.1. The molecule has 2 aromatic rings. The lowest BCUT2D eigenvalue weighted by Gasteiger charge is -2.35. The van der Waals surface area contributed by atoms with Crippen LogP contribution in [-0.4, -0.2) is 28.8 Å². The largest absolute Gasteiger partial charge is 0.356 e. The van der Waals surface area contributed by atoms with Crippen molar-refractivity contribution in [3.8, 4) is 5.69 Å². The second kappa shape index (κ2) is 8.30. The number of carbonyl (C=O) groups excluding carboxylic acids is 1. The molecule has 1 aromatic heterocycles. The van der Waals surface area contributed by atoms with E-state index >= 15 is 0 Å². The van der Waals surface area contributed by atoms with E-state index in [-0.39, 0.29) is 11.3 Å². The summed E-state index contributed by atoms with van der Waals surface area (Å²) in [6.45, 7) is 1.25. The minimum absolute atomic E-state index is 0.0283. The molecular formula is C20H28N4O. The lowest BCUT2D eigenvalue weighted by atomic mass is 9.71. The summed E-state index contributed by atoms with van der Waals surface area (Å²) in [5.74, 6) is 0.128. The van der Waals surface area contributed by atoms with Gasteiger partial charge < -0.3 is 11.1 Å². The number of para-hydroxylation sites is 1. The topological polar surface area (TPSA) is 72.9 Å². The summed E-state index contributed by atoms with van der Waals surface area (Å²) in [7, 11) is 0. The fourth-order valence-corrected chi connectivity index (χ4v) is 3.72. The lowest BCUT2D eigenvalue weighted by molar-refractivity contribution is -0.123. The molecule has 1 saturated carbocycles. The third-order valence-electron chi connectivity index (χ3n) is 5.28. The number of aromatic nitrogens is 2. The van der Waals surface area contributed by atoms with Gasteiger partial charge >= 0.3 is 0 Å². The van der Waals surface area contributed by atoms with Gasteiger partial charge in [-0.25, -0.2) is 4.68 Å². The molecule has 25 heavy (non-hydrogen) atoms. The van der Waals surface area contributed by atoms with Gasteiger partial charge in [-0.3, -0.25) is 4.79 Å². The maximum absolute atomic E-state index is 12.3. The molecule has 1 aliphatic rings. The molecule has 0 saturated heterocycles. The van der Waals surface area contributed by atoms with Crippen molar-refractivity contribution in [2.75, 3.05) is 13.1 Å². The fourth-order valence-electron chi connectivity index (χ4n) is 3.72. The van der Waals surface area contributed by atoms with Crippen molar-refractivity contribution in [2.24, 2.45) is 11.1 Å². The van der Waals surface area contributed by atoms with Crippen molar-refractivity contribution in [3.05, 3.63) is 48.3 Å². The smallest absolute Gasteiger partial charge is 0.220 e. The van der Waals surface area contributed by atoms with Crippen LogP contribution in [0.25, 0.3) is 5.69 Å². The van der Waals surface area contributed by atoms with Crippen molar-refractivity contribution in [1.29, 1.82) is 0 Å². The van der Waals surface area contributed by atoms with Crippen molar-refractivity contribution in [2.45, 2.75) is 44.9 Å². The average Bonchev–Trinajstić information content (AvgIpc) is 3.12. The van der Waals surface area contributed by atoms with Crippen LogP contribution < -0.4 is 11.1 Å². The Labute approximate surface area is 149 Å². The van der Waals surface area contributed by atoms with Gasteiger partial charge in [-0.2, -0.15) is 5.10 Å². The van der Waals surface area contributed by atoms with Gasteiger partial charge in [0.25, 0.3) is 0 Å². The van der Waals surface area contributed by atoms with E-state index in [0.717, 1.165) is 30.5 Å². The Morgan fingerprint density at radius 2 is 1.96 bits per heavy atom. The van der Waals surface area contributed by atoms with Crippen LogP contribution in [0.2, 0.25) is 0 Å². The highest BCUT2D eigenvalue weighted by molar-refractivity contribution is 5.76. The molecule has 0 aliphatic heterocycles. The van der Waals surface area contributed by atoms with Crippen LogP contribution in [-0.2, 0) is 11.2 Å². The number of rotatable bonds is 7. The molecule has 1 heterocycles.